The second kappa shape index (κ2) is 6.34. The van der Waals surface area contributed by atoms with Crippen LogP contribution in [-0.4, -0.2) is 19.2 Å². The van der Waals surface area contributed by atoms with Gasteiger partial charge in [0.2, 0.25) is 0 Å². The van der Waals surface area contributed by atoms with Gasteiger partial charge in [0.25, 0.3) is 0 Å². The fraction of sp³-hybridized carbons (Fsp3) is 0.167. The van der Waals surface area contributed by atoms with Gasteiger partial charge in [-0.3, -0.25) is 4.98 Å². The van der Waals surface area contributed by atoms with Gasteiger partial charge in [-0.2, -0.15) is 0 Å². The lowest BCUT2D eigenvalue weighted by molar-refractivity contribution is 0.405. The van der Waals surface area contributed by atoms with Gasteiger partial charge < -0.3 is 14.8 Å². The minimum Gasteiger partial charge on any atom is -0.495 e. The van der Waals surface area contributed by atoms with Crippen LogP contribution in [0.4, 0.5) is 11.4 Å². The lowest BCUT2D eigenvalue weighted by Crippen LogP contribution is -1.97. The molecule has 0 aliphatic carbocycles. The van der Waals surface area contributed by atoms with Crippen LogP contribution in [0.3, 0.4) is 0 Å². The summed E-state index contributed by atoms with van der Waals surface area (Å²) in [6.07, 6.45) is 1.78. The maximum absolute atomic E-state index is 6.16. The van der Waals surface area contributed by atoms with Crippen molar-refractivity contribution >= 4 is 33.9 Å². The van der Waals surface area contributed by atoms with Crippen LogP contribution in [0.2, 0.25) is 5.02 Å². The summed E-state index contributed by atoms with van der Waals surface area (Å²) in [7, 11) is 3.20. The Morgan fingerprint density at radius 2 is 1.74 bits per heavy atom. The number of halogens is 1. The molecule has 4 nitrogen and oxygen atoms in total. The predicted molar refractivity (Wildman–Crippen MR) is 94.3 cm³/mol. The second-order valence-electron chi connectivity index (χ2n) is 5.19. The minimum absolute atomic E-state index is 0.505. The third-order valence-electron chi connectivity index (χ3n) is 3.64. The molecule has 0 saturated carbocycles. The Labute approximate surface area is 140 Å². The molecule has 0 radical (unpaired) electrons. The van der Waals surface area contributed by atoms with Crippen LogP contribution in [0.15, 0.2) is 42.6 Å². The highest BCUT2D eigenvalue weighted by atomic mass is 35.5. The molecule has 0 aliphatic heterocycles. The molecule has 0 unspecified atom stereocenters. The lowest BCUT2D eigenvalue weighted by atomic mass is 10.1. The van der Waals surface area contributed by atoms with Crippen LogP contribution in [0, 0.1) is 6.92 Å². The highest BCUT2D eigenvalue weighted by Gasteiger charge is 2.11. The summed E-state index contributed by atoms with van der Waals surface area (Å²) in [4.78, 5) is 4.40. The first-order valence-corrected chi connectivity index (χ1v) is 7.54. The van der Waals surface area contributed by atoms with E-state index in [1.807, 2.05) is 24.3 Å². The van der Waals surface area contributed by atoms with Crippen molar-refractivity contribution in [2.24, 2.45) is 0 Å². The van der Waals surface area contributed by atoms with Gasteiger partial charge in [-0.05, 0) is 25.1 Å². The zero-order valence-electron chi connectivity index (χ0n) is 13.2. The Kier molecular flexibility index (Phi) is 4.26. The molecule has 3 rings (SSSR count). The van der Waals surface area contributed by atoms with E-state index in [0.717, 1.165) is 22.3 Å². The molecule has 3 aromatic rings. The molecule has 0 amide bonds. The number of anilines is 2. The van der Waals surface area contributed by atoms with Crippen molar-refractivity contribution in [3.05, 3.63) is 53.2 Å². The maximum Gasteiger partial charge on any atom is 0.144 e. The Morgan fingerprint density at radius 3 is 2.48 bits per heavy atom. The van der Waals surface area contributed by atoms with Crippen molar-refractivity contribution in [2.45, 2.75) is 6.92 Å². The first-order valence-electron chi connectivity index (χ1n) is 7.16. The number of nitrogens with one attached hydrogen (secondary N) is 1. The number of rotatable bonds is 4. The van der Waals surface area contributed by atoms with E-state index in [4.69, 9.17) is 21.1 Å². The number of methoxy groups -OCH3 is 2. The molecular formula is C18H17ClN2O2. The number of aryl methyl sites for hydroxylation is 1. The first kappa shape index (κ1) is 15.4. The number of aromatic nitrogens is 1. The van der Waals surface area contributed by atoms with Crippen LogP contribution in [-0.2, 0) is 0 Å². The van der Waals surface area contributed by atoms with E-state index in [-0.39, 0.29) is 0 Å². The normalized spacial score (nSPS) is 10.6. The largest absolute Gasteiger partial charge is 0.495 e. The van der Waals surface area contributed by atoms with Crippen molar-refractivity contribution in [3.8, 4) is 11.5 Å². The molecule has 0 saturated heterocycles. The zero-order chi connectivity index (χ0) is 16.4. The van der Waals surface area contributed by atoms with Gasteiger partial charge in [0.1, 0.15) is 11.5 Å². The number of hydrogen-bond donors (Lipinski definition) is 1. The van der Waals surface area contributed by atoms with Crippen LogP contribution in [0.25, 0.3) is 10.9 Å². The zero-order valence-corrected chi connectivity index (χ0v) is 13.9. The molecular weight excluding hydrogens is 312 g/mol. The third kappa shape index (κ3) is 3.03. The van der Waals surface area contributed by atoms with Crippen LogP contribution < -0.4 is 14.8 Å². The maximum atomic E-state index is 6.16. The molecule has 5 heteroatoms. The fourth-order valence-corrected chi connectivity index (χ4v) is 2.70. The van der Waals surface area contributed by atoms with Crippen molar-refractivity contribution < 1.29 is 9.47 Å². The smallest absolute Gasteiger partial charge is 0.144 e. The Hall–Kier alpha value is -2.46. The van der Waals surface area contributed by atoms with E-state index >= 15 is 0 Å². The quantitative estimate of drug-likeness (QED) is 0.735. The van der Waals surface area contributed by atoms with Gasteiger partial charge in [0.05, 0.1) is 30.4 Å². The summed E-state index contributed by atoms with van der Waals surface area (Å²) in [5.74, 6) is 1.23. The third-order valence-corrected chi connectivity index (χ3v) is 3.94. The summed E-state index contributed by atoms with van der Waals surface area (Å²) in [6, 6.07) is 11.6. The van der Waals surface area contributed by atoms with Gasteiger partial charge in [0, 0.05) is 29.4 Å². The summed E-state index contributed by atoms with van der Waals surface area (Å²) in [6.45, 7) is 2.06. The molecule has 0 aliphatic rings. The molecule has 2 aromatic carbocycles. The van der Waals surface area contributed by atoms with Crippen molar-refractivity contribution in [1.82, 2.24) is 4.98 Å². The second-order valence-corrected chi connectivity index (χ2v) is 5.60. The SMILES string of the molecule is COc1cc(Nc2ccnc3ccc(C)cc23)c(OC)cc1Cl. The van der Waals surface area contributed by atoms with E-state index in [1.54, 1.807) is 26.5 Å². The number of nitrogens with zero attached hydrogens (tertiary/aromatic N) is 1. The summed E-state index contributed by atoms with van der Waals surface area (Å²) in [5.41, 5.74) is 3.83. The van der Waals surface area contributed by atoms with Gasteiger partial charge >= 0.3 is 0 Å². The minimum atomic E-state index is 0.505. The molecule has 1 aromatic heterocycles. The average Bonchev–Trinajstić information content (AvgIpc) is 2.56. The van der Waals surface area contributed by atoms with Gasteiger partial charge in [-0.25, -0.2) is 0 Å². The standard InChI is InChI=1S/C18H17ClN2O2/c1-11-4-5-14-12(8-11)15(6-7-20-14)21-16-10-17(22-2)13(19)9-18(16)23-3/h4-10H,1-3H3,(H,20,21). The topological polar surface area (TPSA) is 43.4 Å². The van der Waals surface area contributed by atoms with E-state index in [9.17, 15) is 0 Å². The van der Waals surface area contributed by atoms with Gasteiger partial charge in [-0.15, -0.1) is 0 Å². The molecule has 0 fully saturated rings. The highest BCUT2D eigenvalue weighted by molar-refractivity contribution is 6.32. The average molecular weight is 329 g/mol. The van der Waals surface area contributed by atoms with Crippen molar-refractivity contribution in [2.75, 3.05) is 19.5 Å². The monoisotopic (exact) mass is 328 g/mol. The summed E-state index contributed by atoms with van der Waals surface area (Å²) >= 11 is 6.16. The molecule has 1 N–H and O–H groups in total. The van der Waals surface area contributed by atoms with E-state index in [2.05, 4.69) is 23.3 Å². The Balaban J connectivity index is 2.10. The van der Waals surface area contributed by atoms with Gasteiger partial charge in [-0.1, -0.05) is 23.2 Å². The lowest BCUT2D eigenvalue weighted by Gasteiger charge is -2.15. The van der Waals surface area contributed by atoms with Crippen LogP contribution in [0.1, 0.15) is 5.56 Å². The van der Waals surface area contributed by atoms with E-state index in [1.165, 1.54) is 5.56 Å². The number of hydrogen-bond acceptors (Lipinski definition) is 4. The number of ether oxygens (including phenoxy) is 2. The van der Waals surface area contributed by atoms with Crippen LogP contribution in [0.5, 0.6) is 11.5 Å². The highest BCUT2D eigenvalue weighted by Crippen LogP contribution is 2.38. The molecule has 0 bridgehead atoms. The number of benzene rings is 2. The van der Waals surface area contributed by atoms with Gasteiger partial charge in [0.15, 0.2) is 0 Å². The molecule has 118 valence electrons. The van der Waals surface area contributed by atoms with E-state index < -0.39 is 0 Å². The molecule has 0 atom stereocenters. The first-order chi connectivity index (χ1) is 11.1. The Morgan fingerprint density at radius 1 is 0.957 bits per heavy atom. The van der Waals surface area contributed by atoms with Crippen LogP contribution >= 0.6 is 11.6 Å². The summed E-state index contributed by atoms with van der Waals surface area (Å²) in [5, 5.41) is 4.94. The Bertz CT molecular complexity index is 865. The molecule has 1 heterocycles. The number of fused-ring (bicyclic) bond motifs is 1. The number of pyridine rings is 1. The van der Waals surface area contributed by atoms with Crippen molar-refractivity contribution in [1.29, 1.82) is 0 Å². The van der Waals surface area contributed by atoms with Crippen molar-refractivity contribution in [3.63, 3.8) is 0 Å². The predicted octanol–water partition coefficient (Wildman–Crippen LogP) is 4.96. The summed E-state index contributed by atoms with van der Waals surface area (Å²) < 4.78 is 10.7. The van der Waals surface area contributed by atoms with E-state index in [0.29, 0.717) is 16.5 Å². The fourth-order valence-electron chi connectivity index (χ4n) is 2.47. The molecule has 23 heavy (non-hydrogen) atoms. The molecule has 0 spiro atoms.